The lowest BCUT2D eigenvalue weighted by Gasteiger charge is -2.03. The Bertz CT molecular complexity index is 535. The molecule has 2 rings (SSSR count). The van der Waals surface area contributed by atoms with Crippen molar-refractivity contribution in [2.45, 2.75) is 20.8 Å². The van der Waals surface area contributed by atoms with Gasteiger partial charge in [0.25, 0.3) is 0 Å². The first kappa shape index (κ1) is 10.4. The van der Waals surface area contributed by atoms with Crippen LogP contribution in [0.4, 0.5) is 0 Å². The Kier molecular flexibility index (Phi) is 2.61. The van der Waals surface area contributed by atoms with Gasteiger partial charge >= 0.3 is 0 Å². The molecule has 0 bridgehead atoms. The number of allylic oxidation sites excluding steroid dienone is 1. The second-order valence-corrected chi connectivity index (χ2v) is 4.92. The van der Waals surface area contributed by atoms with Gasteiger partial charge in [-0.15, -0.1) is 11.3 Å². The molecule has 1 radical (unpaired) electrons. The van der Waals surface area contributed by atoms with Gasteiger partial charge in [0.1, 0.15) is 0 Å². The highest BCUT2D eigenvalue weighted by atomic mass is 32.1. The smallest absolute Gasteiger partial charge is 0.0908 e. The molecule has 77 valence electrons. The SMILES string of the molecule is [CH2]/C=C/c1cc(C)c(C)c2nc(C)sc12. The fourth-order valence-corrected chi connectivity index (χ4v) is 2.69. The molecule has 0 aliphatic rings. The lowest BCUT2D eigenvalue weighted by Crippen LogP contribution is -1.85. The van der Waals surface area contributed by atoms with Gasteiger partial charge in [-0.1, -0.05) is 18.2 Å². The topological polar surface area (TPSA) is 12.9 Å². The molecule has 0 unspecified atom stereocenters. The monoisotopic (exact) mass is 216 g/mol. The predicted molar refractivity (Wildman–Crippen MR) is 68.2 cm³/mol. The molecule has 0 spiro atoms. The molecule has 0 saturated carbocycles. The third-order valence-corrected chi connectivity index (χ3v) is 3.63. The maximum absolute atomic E-state index is 4.58. The number of rotatable bonds is 1. The quantitative estimate of drug-likeness (QED) is 0.700. The molecule has 1 aromatic heterocycles. The Balaban J connectivity index is 2.87. The van der Waals surface area contributed by atoms with E-state index >= 15 is 0 Å². The van der Waals surface area contributed by atoms with Crippen molar-refractivity contribution in [3.63, 3.8) is 0 Å². The minimum Gasteiger partial charge on any atom is -0.241 e. The molecule has 2 heteroatoms. The second kappa shape index (κ2) is 3.78. The van der Waals surface area contributed by atoms with Crippen LogP contribution in [0.3, 0.4) is 0 Å². The van der Waals surface area contributed by atoms with E-state index < -0.39 is 0 Å². The highest BCUT2D eigenvalue weighted by Gasteiger charge is 2.09. The van der Waals surface area contributed by atoms with Gasteiger partial charge in [-0.05, 0) is 44.4 Å². The Labute approximate surface area is 94.5 Å². The molecule has 0 aliphatic carbocycles. The number of fused-ring (bicyclic) bond motifs is 1. The third kappa shape index (κ3) is 1.70. The number of hydrogen-bond donors (Lipinski definition) is 0. The lowest BCUT2D eigenvalue weighted by molar-refractivity contribution is 1.29. The summed E-state index contributed by atoms with van der Waals surface area (Å²) < 4.78 is 1.27. The molecule has 15 heavy (non-hydrogen) atoms. The van der Waals surface area contributed by atoms with Crippen LogP contribution in [0.25, 0.3) is 16.3 Å². The van der Waals surface area contributed by atoms with E-state index in [4.69, 9.17) is 0 Å². The van der Waals surface area contributed by atoms with Crippen LogP contribution in [0.2, 0.25) is 0 Å². The number of aromatic nitrogens is 1. The summed E-state index contributed by atoms with van der Waals surface area (Å²) in [4.78, 5) is 4.58. The highest BCUT2D eigenvalue weighted by Crippen LogP contribution is 2.30. The zero-order valence-corrected chi connectivity index (χ0v) is 10.1. The first-order valence-electron chi connectivity index (χ1n) is 4.96. The van der Waals surface area contributed by atoms with E-state index in [9.17, 15) is 0 Å². The molecular weight excluding hydrogens is 202 g/mol. The van der Waals surface area contributed by atoms with Gasteiger partial charge in [-0.25, -0.2) is 4.98 Å². The summed E-state index contributed by atoms with van der Waals surface area (Å²) in [6.45, 7) is 10.1. The van der Waals surface area contributed by atoms with Crippen molar-refractivity contribution >= 4 is 27.6 Å². The number of nitrogens with zero attached hydrogens (tertiary/aromatic N) is 1. The fourth-order valence-electron chi connectivity index (χ4n) is 1.72. The van der Waals surface area contributed by atoms with Gasteiger partial charge < -0.3 is 0 Å². The summed E-state index contributed by atoms with van der Waals surface area (Å²) >= 11 is 1.75. The van der Waals surface area contributed by atoms with E-state index in [1.807, 2.05) is 12.2 Å². The molecule has 1 heterocycles. The molecule has 0 amide bonds. The first-order valence-corrected chi connectivity index (χ1v) is 5.78. The predicted octanol–water partition coefficient (Wildman–Crippen LogP) is 4.07. The van der Waals surface area contributed by atoms with E-state index in [1.165, 1.54) is 21.4 Å². The van der Waals surface area contributed by atoms with Crippen molar-refractivity contribution in [1.29, 1.82) is 0 Å². The van der Waals surface area contributed by atoms with Crippen LogP contribution in [0.15, 0.2) is 12.1 Å². The standard InChI is InChI=1S/C13H14NS/c1-5-6-11-7-8(2)9(3)12-13(11)15-10(4)14-12/h5-7H,1H2,2-4H3/b6-5+. The Morgan fingerprint density at radius 2 is 2.07 bits per heavy atom. The van der Waals surface area contributed by atoms with Crippen LogP contribution >= 0.6 is 11.3 Å². The van der Waals surface area contributed by atoms with Crippen LogP contribution in [0.5, 0.6) is 0 Å². The van der Waals surface area contributed by atoms with E-state index in [0.717, 1.165) is 10.5 Å². The van der Waals surface area contributed by atoms with Crippen molar-refractivity contribution in [3.8, 4) is 0 Å². The van der Waals surface area contributed by atoms with Crippen LogP contribution < -0.4 is 0 Å². The molecule has 1 aromatic carbocycles. The van der Waals surface area contributed by atoms with Crippen LogP contribution in [-0.4, -0.2) is 4.98 Å². The molecule has 1 nitrogen and oxygen atoms in total. The lowest BCUT2D eigenvalue weighted by atomic mass is 10.0. The average Bonchev–Trinajstić information content (AvgIpc) is 2.57. The van der Waals surface area contributed by atoms with Gasteiger partial charge in [0.05, 0.1) is 15.2 Å². The molecule has 2 aromatic rings. The average molecular weight is 216 g/mol. The summed E-state index contributed by atoms with van der Waals surface area (Å²) in [5, 5.41) is 1.12. The molecular formula is C13H14NS. The molecule has 0 atom stereocenters. The van der Waals surface area contributed by atoms with Gasteiger partial charge in [-0.2, -0.15) is 0 Å². The molecule has 0 fully saturated rings. The van der Waals surface area contributed by atoms with Crippen LogP contribution in [-0.2, 0) is 0 Å². The fraction of sp³-hybridized carbons (Fsp3) is 0.231. The van der Waals surface area contributed by atoms with Gasteiger partial charge in [0, 0.05) is 0 Å². The van der Waals surface area contributed by atoms with Crippen LogP contribution in [0.1, 0.15) is 21.7 Å². The normalized spacial score (nSPS) is 11.7. The van der Waals surface area contributed by atoms with E-state index in [-0.39, 0.29) is 0 Å². The highest BCUT2D eigenvalue weighted by molar-refractivity contribution is 7.18. The zero-order valence-electron chi connectivity index (χ0n) is 9.29. The zero-order chi connectivity index (χ0) is 11.0. The Morgan fingerprint density at radius 1 is 1.33 bits per heavy atom. The number of thiazole rings is 1. The van der Waals surface area contributed by atoms with Crippen molar-refractivity contribution in [2.75, 3.05) is 0 Å². The third-order valence-electron chi connectivity index (χ3n) is 2.61. The summed E-state index contributed by atoms with van der Waals surface area (Å²) in [5.74, 6) is 0. The van der Waals surface area contributed by atoms with Crippen molar-refractivity contribution in [1.82, 2.24) is 4.98 Å². The summed E-state index contributed by atoms with van der Waals surface area (Å²) in [7, 11) is 0. The van der Waals surface area contributed by atoms with E-state index in [0.29, 0.717) is 0 Å². The maximum atomic E-state index is 4.58. The number of aryl methyl sites for hydroxylation is 3. The second-order valence-electron chi connectivity index (χ2n) is 3.72. The first-order chi connectivity index (χ1) is 7.13. The van der Waals surface area contributed by atoms with E-state index in [2.05, 4.69) is 38.7 Å². The number of hydrogen-bond acceptors (Lipinski definition) is 2. The van der Waals surface area contributed by atoms with Crippen molar-refractivity contribution in [3.05, 3.63) is 40.8 Å². The van der Waals surface area contributed by atoms with Gasteiger partial charge in [0.15, 0.2) is 0 Å². The molecule has 0 aliphatic heterocycles. The minimum atomic E-state index is 1.12. The van der Waals surface area contributed by atoms with Gasteiger partial charge in [0.2, 0.25) is 0 Å². The Hall–Kier alpha value is -1.15. The number of benzene rings is 1. The van der Waals surface area contributed by atoms with Crippen molar-refractivity contribution < 1.29 is 0 Å². The molecule has 0 N–H and O–H groups in total. The van der Waals surface area contributed by atoms with E-state index in [1.54, 1.807) is 11.3 Å². The van der Waals surface area contributed by atoms with Gasteiger partial charge in [-0.3, -0.25) is 0 Å². The summed E-state index contributed by atoms with van der Waals surface area (Å²) in [6.07, 6.45) is 3.88. The minimum absolute atomic E-state index is 1.12. The largest absolute Gasteiger partial charge is 0.241 e. The van der Waals surface area contributed by atoms with Crippen molar-refractivity contribution in [2.24, 2.45) is 0 Å². The Morgan fingerprint density at radius 3 is 2.73 bits per heavy atom. The van der Waals surface area contributed by atoms with Crippen LogP contribution in [0, 0.1) is 27.7 Å². The summed E-state index contributed by atoms with van der Waals surface area (Å²) in [6, 6.07) is 2.21. The molecule has 0 saturated heterocycles. The summed E-state index contributed by atoms with van der Waals surface area (Å²) in [5.41, 5.74) is 4.95. The maximum Gasteiger partial charge on any atom is 0.0908 e.